The summed E-state index contributed by atoms with van der Waals surface area (Å²) in [6, 6.07) is 32.3. The molecule has 0 aromatic heterocycles. The summed E-state index contributed by atoms with van der Waals surface area (Å²) in [5.74, 6) is -1.08. The van der Waals surface area contributed by atoms with Crippen LogP contribution in [0.15, 0.2) is 91.0 Å². The van der Waals surface area contributed by atoms with Crippen molar-refractivity contribution in [3.05, 3.63) is 91.0 Å². The summed E-state index contributed by atoms with van der Waals surface area (Å²) in [6.07, 6.45) is 0. The Bertz CT molecular complexity index is 624. The third-order valence-corrected chi connectivity index (χ3v) is 5.49. The van der Waals surface area contributed by atoms with Crippen molar-refractivity contribution in [2.45, 2.75) is 6.92 Å². The standard InChI is InChI=1S/C18H15P.C2H4O2.Na.H2O/c1-4-10-16(11-5-1)19(17-12-6-2-7-13-17)18-14-8-3-9-15-18;1-2(3)4;;/h1-15H;1H3,(H,3,4);;1H2/q;;+1;/p-1. The summed E-state index contributed by atoms with van der Waals surface area (Å²) in [5.41, 5.74) is 0. The van der Waals surface area contributed by atoms with Gasteiger partial charge in [-0.2, -0.15) is 0 Å². The van der Waals surface area contributed by atoms with Gasteiger partial charge in [-0.15, -0.1) is 0 Å². The van der Waals surface area contributed by atoms with Gasteiger partial charge in [-0.3, -0.25) is 0 Å². The zero-order valence-corrected chi connectivity index (χ0v) is 17.3. The number of hydrogen-bond donors (Lipinski definition) is 0. The van der Waals surface area contributed by atoms with Crippen LogP contribution in [0.5, 0.6) is 0 Å². The number of benzene rings is 3. The van der Waals surface area contributed by atoms with Gasteiger partial charge >= 0.3 is 29.6 Å². The Balaban J connectivity index is 0.000000874. The molecule has 0 saturated heterocycles. The van der Waals surface area contributed by atoms with Crippen molar-refractivity contribution in [2.75, 3.05) is 0 Å². The molecule has 2 N–H and O–H groups in total. The molecule has 0 bridgehead atoms. The minimum absolute atomic E-state index is 0. The van der Waals surface area contributed by atoms with Crippen LogP contribution in [0.2, 0.25) is 0 Å². The van der Waals surface area contributed by atoms with Gasteiger partial charge in [0.2, 0.25) is 0 Å². The van der Waals surface area contributed by atoms with Gasteiger partial charge < -0.3 is 15.4 Å². The predicted octanol–water partition coefficient (Wildman–Crippen LogP) is -1.62. The second kappa shape index (κ2) is 12.8. The number of carbonyl (C=O) groups is 1. The molecular formula is C20H20NaO3P. The molecule has 124 valence electrons. The van der Waals surface area contributed by atoms with Gasteiger partial charge in [-0.1, -0.05) is 91.0 Å². The summed E-state index contributed by atoms with van der Waals surface area (Å²) in [6.45, 7) is 0.972. The number of carboxylic acids is 1. The molecule has 3 aromatic rings. The molecule has 0 saturated carbocycles. The van der Waals surface area contributed by atoms with Crippen LogP contribution in [0, 0.1) is 0 Å². The zero-order valence-electron chi connectivity index (χ0n) is 14.4. The van der Waals surface area contributed by atoms with Crippen molar-refractivity contribution in [1.82, 2.24) is 0 Å². The predicted molar refractivity (Wildman–Crippen MR) is 99.4 cm³/mol. The molecule has 5 heteroatoms. The molecule has 0 aliphatic carbocycles. The van der Waals surface area contributed by atoms with Crippen LogP contribution in [-0.2, 0) is 4.79 Å². The quantitative estimate of drug-likeness (QED) is 0.415. The molecule has 0 unspecified atom stereocenters. The van der Waals surface area contributed by atoms with Gasteiger partial charge in [0.05, 0.1) is 0 Å². The molecule has 3 nitrogen and oxygen atoms in total. The fraction of sp³-hybridized carbons (Fsp3) is 0.0500. The van der Waals surface area contributed by atoms with Gasteiger partial charge in [0, 0.05) is 5.97 Å². The summed E-state index contributed by atoms with van der Waals surface area (Å²) in [5, 5.41) is 13.1. The summed E-state index contributed by atoms with van der Waals surface area (Å²) in [7, 11) is -0.446. The van der Waals surface area contributed by atoms with Crippen LogP contribution in [0.1, 0.15) is 6.92 Å². The van der Waals surface area contributed by atoms with E-state index >= 15 is 0 Å². The van der Waals surface area contributed by atoms with E-state index in [1.807, 2.05) is 0 Å². The van der Waals surface area contributed by atoms with E-state index in [1.54, 1.807) is 0 Å². The van der Waals surface area contributed by atoms with Gasteiger partial charge in [0.25, 0.3) is 0 Å². The smallest absolute Gasteiger partial charge is 0.550 e. The summed E-state index contributed by atoms with van der Waals surface area (Å²) >= 11 is 0. The molecule has 0 atom stereocenters. The topological polar surface area (TPSA) is 71.6 Å². The Labute approximate surface area is 172 Å². The van der Waals surface area contributed by atoms with Gasteiger partial charge in [0.15, 0.2) is 0 Å². The molecule has 0 spiro atoms. The first kappa shape index (κ1) is 23.5. The van der Waals surface area contributed by atoms with Crippen LogP contribution < -0.4 is 50.6 Å². The van der Waals surface area contributed by atoms with Gasteiger partial charge in [-0.25, -0.2) is 0 Å². The summed E-state index contributed by atoms with van der Waals surface area (Å²) < 4.78 is 0. The maximum Gasteiger partial charge on any atom is 1.00 e. The average Bonchev–Trinajstić information content (AvgIpc) is 2.58. The molecule has 0 aliphatic heterocycles. The minimum Gasteiger partial charge on any atom is -0.550 e. The first-order valence-electron chi connectivity index (χ1n) is 7.31. The molecule has 3 aromatic carbocycles. The van der Waals surface area contributed by atoms with Gasteiger partial charge in [0.1, 0.15) is 0 Å². The van der Waals surface area contributed by atoms with E-state index < -0.39 is 13.9 Å². The van der Waals surface area contributed by atoms with E-state index in [0.29, 0.717) is 0 Å². The van der Waals surface area contributed by atoms with E-state index in [0.717, 1.165) is 6.92 Å². The molecule has 0 heterocycles. The number of aliphatic carboxylic acids is 1. The van der Waals surface area contributed by atoms with Crippen molar-refractivity contribution >= 4 is 29.8 Å². The summed E-state index contributed by atoms with van der Waals surface area (Å²) in [4.78, 5) is 8.89. The largest absolute Gasteiger partial charge is 1.00 e. The Morgan fingerprint density at radius 2 is 0.880 bits per heavy atom. The Morgan fingerprint density at radius 3 is 1.08 bits per heavy atom. The van der Waals surface area contributed by atoms with Crippen molar-refractivity contribution in [2.24, 2.45) is 0 Å². The second-order valence-corrected chi connectivity index (χ2v) is 7.05. The van der Waals surface area contributed by atoms with Crippen molar-refractivity contribution in [1.29, 1.82) is 0 Å². The second-order valence-electron chi connectivity index (χ2n) is 4.83. The Hall–Kier alpha value is -1.48. The molecule has 0 radical (unpaired) electrons. The number of rotatable bonds is 3. The van der Waals surface area contributed by atoms with Crippen LogP contribution in [0.25, 0.3) is 0 Å². The van der Waals surface area contributed by atoms with Crippen LogP contribution in [0.4, 0.5) is 0 Å². The van der Waals surface area contributed by atoms with Crippen LogP contribution in [0.3, 0.4) is 0 Å². The molecule has 0 aliphatic rings. The Kier molecular flexibility index (Phi) is 12.1. The molecule has 25 heavy (non-hydrogen) atoms. The number of carboxylic acid groups (broad SMARTS) is 1. The molecule has 0 amide bonds. The number of carbonyl (C=O) groups excluding carboxylic acids is 1. The monoisotopic (exact) mass is 362 g/mol. The first-order chi connectivity index (χ1) is 11.2. The maximum absolute atomic E-state index is 8.89. The van der Waals surface area contributed by atoms with Crippen molar-refractivity contribution < 1.29 is 44.9 Å². The van der Waals surface area contributed by atoms with E-state index in [4.69, 9.17) is 9.90 Å². The first-order valence-corrected chi connectivity index (χ1v) is 8.65. The van der Waals surface area contributed by atoms with Crippen molar-refractivity contribution in [3.8, 4) is 0 Å². The van der Waals surface area contributed by atoms with E-state index in [-0.39, 0.29) is 35.0 Å². The molecule has 0 fully saturated rings. The fourth-order valence-corrected chi connectivity index (χ4v) is 4.48. The minimum atomic E-state index is -1.08. The fourth-order valence-electron chi connectivity index (χ4n) is 2.18. The Morgan fingerprint density at radius 1 is 0.680 bits per heavy atom. The third-order valence-electron chi connectivity index (χ3n) is 3.04. The van der Waals surface area contributed by atoms with Crippen LogP contribution >= 0.6 is 7.92 Å². The van der Waals surface area contributed by atoms with E-state index in [2.05, 4.69) is 91.0 Å². The molecule has 3 rings (SSSR count). The van der Waals surface area contributed by atoms with Crippen LogP contribution in [-0.4, -0.2) is 11.4 Å². The third kappa shape index (κ3) is 7.96. The van der Waals surface area contributed by atoms with E-state index in [9.17, 15) is 0 Å². The zero-order chi connectivity index (χ0) is 16.5. The number of hydrogen-bond acceptors (Lipinski definition) is 2. The SMILES string of the molecule is CC(=O)[O-].O.[Na+].c1ccc(P(c2ccccc2)c2ccccc2)cc1. The maximum atomic E-state index is 8.89. The average molecular weight is 362 g/mol. The van der Waals surface area contributed by atoms with Gasteiger partial charge in [-0.05, 0) is 30.8 Å². The van der Waals surface area contributed by atoms with Crippen molar-refractivity contribution in [3.63, 3.8) is 0 Å². The molecular weight excluding hydrogens is 342 g/mol. The normalized spacial score (nSPS) is 9.04. The van der Waals surface area contributed by atoms with E-state index in [1.165, 1.54) is 15.9 Å².